The highest BCUT2D eigenvalue weighted by molar-refractivity contribution is 5.95. The van der Waals surface area contributed by atoms with E-state index in [1.54, 1.807) is 4.90 Å². The van der Waals surface area contributed by atoms with Crippen LogP contribution >= 0.6 is 0 Å². The lowest BCUT2D eigenvalue weighted by atomic mass is 10.1. The van der Waals surface area contributed by atoms with Gasteiger partial charge in [0.25, 0.3) is 5.91 Å². The van der Waals surface area contributed by atoms with Crippen LogP contribution < -0.4 is 4.90 Å². The number of β-amino-alcohol motifs (C(OH)–C–C–N with tert-alkyl or cyclic N) is 1. The molecule has 1 heterocycles. The monoisotopic (exact) mass is 248 g/mol. The second-order valence-electron chi connectivity index (χ2n) is 5.14. The van der Waals surface area contributed by atoms with E-state index >= 15 is 0 Å². The molecule has 1 aliphatic rings. The number of aliphatic hydroxyl groups excluding tert-OH is 1. The number of amides is 1. The summed E-state index contributed by atoms with van der Waals surface area (Å²) < 4.78 is 0. The lowest BCUT2D eigenvalue weighted by Crippen LogP contribution is -2.34. The number of hydrogen-bond acceptors (Lipinski definition) is 3. The highest BCUT2D eigenvalue weighted by Crippen LogP contribution is 2.22. The summed E-state index contributed by atoms with van der Waals surface area (Å²) in [6.07, 6.45) is 0.278. The Morgan fingerprint density at radius 3 is 2.72 bits per heavy atom. The van der Waals surface area contributed by atoms with Gasteiger partial charge in [-0.05, 0) is 31.5 Å². The van der Waals surface area contributed by atoms with Crippen molar-refractivity contribution in [3.63, 3.8) is 0 Å². The number of benzene rings is 1. The number of anilines is 1. The Labute approximate surface area is 108 Å². The number of carbonyl (C=O) groups excluding carboxylic acids is 1. The Balaban J connectivity index is 2.21. The zero-order chi connectivity index (χ0) is 13.3. The van der Waals surface area contributed by atoms with Crippen molar-refractivity contribution < 1.29 is 9.90 Å². The Morgan fingerprint density at radius 1 is 1.44 bits per heavy atom. The van der Waals surface area contributed by atoms with Crippen molar-refractivity contribution in [2.75, 3.05) is 25.5 Å². The summed E-state index contributed by atoms with van der Waals surface area (Å²) in [7, 11) is 3.90. The zero-order valence-corrected chi connectivity index (χ0v) is 11.1. The molecule has 1 unspecified atom stereocenters. The summed E-state index contributed by atoms with van der Waals surface area (Å²) in [5.41, 5.74) is 1.69. The number of rotatable bonds is 2. The predicted octanol–water partition coefficient (Wildman–Crippen LogP) is 1.35. The van der Waals surface area contributed by atoms with E-state index in [1.165, 1.54) is 0 Å². The molecule has 0 radical (unpaired) electrons. The third-order valence-corrected chi connectivity index (χ3v) is 3.42. The van der Waals surface area contributed by atoms with E-state index in [0.29, 0.717) is 18.5 Å². The maximum atomic E-state index is 12.4. The van der Waals surface area contributed by atoms with Crippen LogP contribution in [0.25, 0.3) is 0 Å². The highest BCUT2D eigenvalue weighted by Gasteiger charge is 2.31. The van der Waals surface area contributed by atoms with Gasteiger partial charge in [-0.2, -0.15) is 0 Å². The van der Waals surface area contributed by atoms with Gasteiger partial charge < -0.3 is 14.9 Å². The van der Waals surface area contributed by atoms with Crippen LogP contribution in [-0.4, -0.2) is 48.7 Å². The first-order chi connectivity index (χ1) is 8.49. The number of carbonyl (C=O) groups is 1. The van der Waals surface area contributed by atoms with Gasteiger partial charge in [-0.3, -0.25) is 4.79 Å². The van der Waals surface area contributed by atoms with Gasteiger partial charge >= 0.3 is 0 Å². The molecule has 1 saturated heterocycles. The molecule has 4 nitrogen and oxygen atoms in total. The molecule has 4 heteroatoms. The molecular weight excluding hydrogens is 228 g/mol. The van der Waals surface area contributed by atoms with E-state index in [-0.39, 0.29) is 18.1 Å². The molecule has 1 amide bonds. The van der Waals surface area contributed by atoms with Crippen LogP contribution in [0.4, 0.5) is 5.69 Å². The first-order valence-corrected chi connectivity index (χ1v) is 6.25. The highest BCUT2D eigenvalue weighted by atomic mass is 16.3. The standard InChI is InChI=1S/C14H20N2O2/c1-10-7-13(17)9-16(10)14(18)11-5-4-6-12(8-11)15(2)3/h4-6,8,10,13,17H,7,9H2,1-3H3/t10?,13-/m1/s1. The first kappa shape index (κ1) is 12.9. The SMILES string of the molecule is CC1C[C@@H](O)CN1C(=O)c1cccc(N(C)C)c1. The van der Waals surface area contributed by atoms with E-state index < -0.39 is 0 Å². The van der Waals surface area contributed by atoms with Gasteiger partial charge in [0.2, 0.25) is 0 Å². The molecule has 1 N–H and O–H groups in total. The van der Waals surface area contributed by atoms with E-state index in [4.69, 9.17) is 0 Å². The van der Waals surface area contributed by atoms with Gasteiger partial charge in [0.15, 0.2) is 0 Å². The smallest absolute Gasteiger partial charge is 0.254 e. The van der Waals surface area contributed by atoms with Crippen molar-refractivity contribution in [2.24, 2.45) is 0 Å². The summed E-state index contributed by atoms with van der Waals surface area (Å²) in [6, 6.07) is 7.68. The largest absolute Gasteiger partial charge is 0.391 e. The maximum absolute atomic E-state index is 12.4. The third kappa shape index (κ3) is 2.48. The molecule has 1 aliphatic heterocycles. The Hall–Kier alpha value is -1.55. The summed E-state index contributed by atoms with van der Waals surface area (Å²) in [5, 5.41) is 9.61. The summed E-state index contributed by atoms with van der Waals surface area (Å²) in [4.78, 5) is 16.1. The average molecular weight is 248 g/mol. The summed E-state index contributed by atoms with van der Waals surface area (Å²) >= 11 is 0. The zero-order valence-electron chi connectivity index (χ0n) is 11.1. The average Bonchev–Trinajstić information content (AvgIpc) is 2.67. The topological polar surface area (TPSA) is 43.8 Å². The van der Waals surface area contributed by atoms with Crippen LogP contribution in [0, 0.1) is 0 Å². The van der Waals surface area contributed by atoms with Gasteiger partial charge in [0.1, 0.15) is 0 Å². The van der Waals surface area contributed by atoms with E-state index in [2.05, 4.69) is 0 Å². The maximum Gasteiger partial charge on any atom is 0.254 e. The van der Waals surface area contributed by atoms with Crippen LogP contribution in [-0.2, 0) is 0 Å². The second-order valence-corrected chi connectivity index (χ2v) is 5.14. The lowest BCUT2D eigenvalue weighted by Gasteiger charge is -2.22. The molecule has 2 atom stereocenters. The molecule has 98 valence electrons. The normalized spacial score (nSPS) is 23.2. The van der Waals surface area contributed by atoms with E-state index in [9.17, 15) is 9.90 Å². The van der Waals surface area contributed by atoms with Crippen LogP contribution in [0.15, 0.2) is 24.3 Å². The molecule has 1 aromatic rings. The molecule has 1 fully saturated rings. The van der Waals surface area contributed by atoms with Crippen molar-refractivity contribution in [1.82, 2.24) is 4.90 Å². The fourth-order valence-electron chi connectivity index (χ4n) is 2.37. The van der Waals surface area contributed by atoms with Gasteiger partial charge in [0, 0.05) is 37.9 Å². The molecule has 0 aliphatic carbocycles. The molecule has 0 saturated carbocycles. The quantitative estimate of drug-likeness (QED) is 0.859. The van der Waals surface area contributed by atoms with E-state index in [1.807, 2.05) is 50.2 Å². The number of nitrogens with zero attached hydrogens (tertiary/aromatic N) is 2. The summed E-state index contributed by atoms with van der Waals surface area (Å²) in [6.45, 7) is 2.41. The fraction of sp³-hybridized carbons (Fsp3) is 0.500. The number of hydrogen-bond donors (Lipinski definition) is 1. The molecule has 1 aromatic carbocycles. The van der Waals surface area contributed by atoms with Crippen molar-refractivity contribution >= 4 is 11.6 Å². The number of likely N-dealkylation sites (tertiary alicyclic amines) is 1. The van der Waals surface area contributed by atoms with Crippen molar-refractivity contribution in [1.29, 1.82) is 0 Å². The molecule has 0 spiro atoms. The van der Waals surface area contributed by atoms with Crippen LogP contribution in [0.2, 0.25) is 0 Å². The minimum Gasteiger partial charge on any atom is -0.391 e. The molecule has 0 aromatic heterocycles. The Morgan fingerprint density at radius 2 is 2.17 bits per heavy atom. The first-order valence-electron chi connectivity index (χ1n) is 6.25. The Kier molecular flexibility index (Phi) is 3.57. The predicted molar refractivity (Wildman–Crippen MR) is 71.9 cm³/mol. The lowest BCUT2D eigenvalue weighted by molar-refractivity contribution is 0.0726. The molecule has 18 heavy (non-hydrogen) atoms. The van der Waals surface area contributed by atoms with E-state index in [0.717, 1.165) is 5.69 Å². The summed E-state index contributed by atoms with van der Waals surface area (Å²) in [5.74, 6) is 0.00255. The van der Waals surface area contributed by atoms with Crippen molar-refractivity contribution in [3.05, 3.63) is 29.8 Å². The van der Waals surface area contributed by atoms with Gasteiger partial charge in [-0.25, -0.2) is 0 Å². The van der Waals surface area contributed by atoms with Crippen LogP contribution in [0.3, 0.4) is 0 Å². The Bertz CT molecular complexity index is 445. The minimum absolute atomic E-state index is 0.00255. The molecular formula is C14H20N2O2. The van der Waals surface area contributed by atoms with Crippen molar-refractivity contribution in [2.45, 2.75) is 25.5 Å². The minimum atomic E-state index is -0.388. The van der Waals surface area contributed by atoms with Crippen LogP contribution in [0.5, 0.6) is 0 Å². The fourth-order valence-corrected chi connectivity index (χ4v) is 2.37. The van der Waals surface area contributed by atoms with Crippen molar-refractivity contribution in [3.8, 4) is 0 Å². The van der Waals surface area contributed by atoms with Crippen LogP contribution in [0.1, 0.15) is 23.7 Å². The molecule has 2 rings (SSSR count). The second kappa shape index (κ2) is 4.98. The number of aliphatic hydroxyl groups is 1. The third-order valence-electron chi connectivity index (χ3n) is 3.42. The van der Waals surface area contributed by atoms with Gasteiger partial charge in [-0.15, -0.1) is 0 Å². The van der Waals surface area contributed by atoms with Gasteiger partial charge in [-0.1, -0.05) is 6.07 Å². The van der Waals surface area contributed by atoms with Gasteiger partial charge in [0.05, 0.1) is 6.10 Å². The molecule has 0 bridgehead atoms.